The van der Waals surface area contributed by atoms with Crippen molar-refractivity contribution in [1.29, 1.82) is 0 Å². The van der Waals surface area contributed by atoms with Crippen LogP contribution in [0.15, 0.2) is 59.0 Å². The number of aliphatic hydroxyl groups is 2. The Hall–Kier alpha value is -2.31. The molecule has 1 aromatic heterocycles. The number of hydrogen-bond donors (Lipinski definition) is 2. The quantitative estimate of drug-likeness (QED) is 0.765. The number of pyridine rings is 1. The molecule has 0 amide bonds. The molecule has 0 fully saturated rings. The number of anilines is 1. The minimum Gasteiger partial charge on any atom is -0.395 e. The predicted octanol–water partition coefficient (Wildman–Crippen LogP) is 2.29. The number of aliphatic hydroxyl groups excluding tert-OH is 2. The molecule has 1 aromatic carbocycles. The first-order valence-corrected chi connectivity index (χ1v) is 6.72. The maximum absolute atomic E-state index is 9.03. The maximum atomic E-state index is 9.03. The largest absolute Gasteiger partial charge is 0.395 e. The average Bonchev–Trinajstić information content (AvgIpc) is 2.54. The van der Waals surface area contributed by atoms with Gasteiger partial charge in [0.2, 0.25) is 0 Å². The van der Waals surface area contributed by atoms with Crippen molar-refractivity contribution >= 4 is 17.1 Å². The molecular formula is C15H18N4O2. The molecule has 0 aliphatic heterocycles. The molecule has 21 heavy (non-hydrogen) atoms. The fourth-order valence-corrected chi connectivity index (χ4v) is 1.87. The Kier molecular flexibility index (Phi) is 5.81. The third kappa shape index (κ3) is 4.62. The van der Waals surface area contributed by atoms with Crippen LogP contribution in [-0.2, 0) is 0 Å². The summed E-state index contributed by atoms with van der Waals surface area (Å²) in [5, 5.41) is 26.3. The van der Waals surface area contributed by atoms with Gasteiger partial charge in [-0.1, -0.05) is 0 Å². The van der Waals surface area contributed by atoms with Gasteiger partial charge in [-0.15, -0.1) is 0 Å². The highest BCUT2D eigenvalue weighted by Gasteiger charge is 2.04. The van der Waals surface area contributed by atoms with Gasteiger partial charge in [-0.05, 0) is 36.4 Å². The van der Waals surface area contributed by atoms with Crippen LogP contribution in [0.3, 0.4) is 0 Å². The molecule has 0 aliphatic rings. The molecule has 0 atom stereocenters. The van der Waals surface area contributed by atoms with Crippen LogP contribution in [-0.4, -0.2) is 41.5 Å². The highest BCUT2D eigenvalue weighted by atomic mass is 16.3. The van der Waals surface area contributed by atoms with Crippen molar-refractivity contribution in [2.75, 3.05) is 31.2 Å². The Morgan fingerprint density at radius 1 is 0.810 bits per heavy atom. The van der Waals surface area contributed by atoms with E-state index in [4.69, 9.17) is 10.2 Å². The lowest BCUT2D eigenvalue weighted by atomic mass is 10.2. The standard InChI is InChI=1S/C15H18N4O2/c20-11-9-19(10-12-21)15-3-1-13(2-4-15)17-18-14-5-7-16-8-6-14/h1-8,20-21H,9-12H2. The minimum absolute atomic E-state index is 0.0451. The first kappa shape index (κ1) is 15.1. The van der Waals surface area contributed by atoms with Crippen LogP contribution in [0, 0.1) is 0 Å². The van der Waals surface area contributed by atoms with E-state index in [0.717, 1.165) is 17.1 Å². The number of rotatable bonds is 7. The number of aromatic nitrogens is 1. The van der Waals surface area contributed by atoms with Gasteiger partial charge >= 0.3 is 0 Å². The van der Waals surface area contributed by atoms with Crippen molar-refractivity contribution in [3.05, 3.63) is 48.8 Å². The first-order chi connectivity index (χ1) is 10.3. The van der Waals surface area contributed by atoms with E-state index in [0.29, 0.717) is 13.1 Å². The zero-order valence-corrected chi connectivity index (χ0v) is 11.6. The SMILES string of the molecule is OCCN(CCO)c1ccc(N=Nc2ccncc2)cc1. The summed E-state index contributed by atoms with van der Waals surface area (Å²) in [4.78, 5) is 5.82. The third-order valence-corrected chi connectivity index (χ3v) is 2.90. The highest BCUT2D eigenvalue weighted by molar-refractivity contribution is 5.52. The van der Waals surface area contributed by atoms with Gasteiger partial charge in [0.1, 0.15) is 0 Å². The Morgan fingerprint density at radius 2 is 1.33 bits per heavy atom. The lowest BCUT2D eigenvalue weighted by Gasteiger charge is -2.22. The predicted molar refractivity (Wildman–Crippen MR) is 81.2 cm³/mol. The van der Waals surface area contributed by atoms with E-state index >= 15 is 0 Å². The van der Waals surface area contributed by atoms with Crippen LogP contribution in [0.4, 0.5) is 17.1 Å². The highest BCUT2D eigenvalue weighted by Crippen LogP contribution is 2.21. The smallest absolute Gasteiger partial charge is 0.0887 e. The van der Waals surface area contributed by atoms with Gasteiger partial charge in [0.25, 0.3) is 0 Å². The monoisotopic (exact) mass is 286 g/mol. The Bertz CT molecular complexity index is 552. The summed E-state index contributed by atoms with van der Waals surface area (Å²) in [6.07, 6.45) is 3.33. The second kappa shape index (κ2) is 8.08. The van der Waals surface area contributed by atoms with Crippen molar-refractivity contribution in [3.63, 3.8) is 0 Å². The topological polar surface area (TPSA) is 81.3 Å². The summed E-state index contributed by atoms with van der Waals surface area (Å²) in [5.74, 6) is 0. The summed E-state index contributed by atoms with van der Waals surface area (Å²) in [5.41, 5.74) is 2.42. The zero-order valence-electron chi connectivity index (χ0n) is 11.6. The maximum Gasteiger partial charge on any atom is 0.0887 e. The summed E-state index contributed by atoms with van der Waals surface area (Å²) in [6.45, 7) is 1.06. The van der Waals surface area contributed by atoms with E-state index in [1.807, 2.05) is 29.2 Å². The van der Waals surface area contributed by atoms with Gasteiger partial charge in [0, 0.05) is 31.2 Å². The van der Waals surface area contributed by atoms with Gasteiger partial charge in [-0.3, -0.25) is 4.98 Å². The lowest BCUT2D eigenvalue weighted by Crippen LogP contribution is -2.29. The minimum atomic E-state index is 0.0451. The van der Waals surface area contributed by atoms with Crippen molar-refractivity contribution < 1.29 is 10.2 Å². The first-order valence-electron chi connectivity index (χ1n) is 6.72. The third-order valence-electron chi connectivity index (χ3n) is 2.90. The summed E-state index contributed by atoms with van der Waals surface area (Å²) >= 11 is 0. The Labute approximate surface area is 123 Å². The molecule has 1 heterocycles. The van der Waals surface area contributed by atoms with E-state index in [9.17, 15) is 0 Å². The van der Waals surface area contributed by atoms with E-state index in [1.54, 1.807) is 24.5 Å². The zero-order chi connectivity index (χ0) is 14.9. The second-order valence-corrected chi connectivity index (χ2v) is 4.36. The van der Waals surface area contributed by atoms with Gasteiger partial charge in [-0.25, -0.2) is 0 Å². The number of nitrogens with zero attached hydrogens (tertiary/aromatic N) is 4. The van der Waals surface area contributed by atoms with E-state index in [2.05, 4.69) is 15.2 Å². The molecule has 0 aliphatic carbocycles. The number of benzene rings is 1. The molecular weight excluding hydrogens is 268 g/mol. The molecule has 0 spiro atoms. The number of azo groups is 1. The normalized spacial score (nSPS) is 11.0. The fourth-order valence-electron chi connectivity index (χ4n) is 1.87. The molecule has 6 heteroatoms. The van der Waals surface area contributed by atoms with Crippen molar-refractivity contribution in [2.24, 2.45) is 10.2 Å². The van der Waals surface area contributed by atoms with Crippen LogP contribution < -0.4 is 4.90 Å². The van der Waals surface area contributed by atoms with Crippen molar-refractivity contribution in [3.8, 4) is 0 Å². The molecule has 0 saturated carbocycles. The molecule has 0 radical (unpaired) electrons. The van der Waals surface area contributed by atoms with E-state index < -0.39 is 0 Å². The van der Waals surface area contributed by atoms with Gasteiger partial charge in [-0.2, -0.15) is 10.2 Å². The van der Waals surface area contributed by atoms with Crippen LogP contribution >= 0.6 is 0 Å². The molecule has 2 rings (SSSR count). The molecule has 0 saturated heterocycles. The van der Waals surface area contributed by atoms with Crippen molar-refractivity contribution in [2.45, 2.75) is 0 Å². The second-order valence-electron chi connectivity index (χ2n) is 4.36. The molecule has 2 aromatic rings. The molecule has 0 bridgehead atoms. The summed E-state index contributed by atoms with van der Waals surface area (Å²) in [6, 6.07) is 11.0. The van der Waals surface area contributed by atoms with E-state index in [1.165, 1.54) is 0 Å². The van der Waals surface area contributed by atoms with Gasteiger partial charge in [0.15, 0.2) is 0 Å². The van der Waals surface area contributed by atoms with Gasteiger partial charge < -0.3 is 15.1 Å². The van der Waals surface area contributed by atoms with Crippen LogP contribution in [0.2, 0.25) is 0 Å². The molecule has 6 nitrogen and oxygen atoms in total. The summed E-state index contributed by atoms with van der Waals surface area (Å²) < 4.78 is 0. The van der Waals surface area contributed by atoms with Crippen LogP contribution in [0.25, 0.3) is 0 Å². The lowest BCUT2D eigenvalue weighted by molar-refractivity contribution is 0.281. The van der Waals surface area contributed by atoms with Crippen LogP contribution in [0.1, 0.15) is 0 Å². The fraction of sp³-hybridized carbons (Fsp3) is 0.267. The van der Waals surface area contributed by atoms with E-state index in [-0.39, 0.29) is 13.2 Å². The Morgan fingerprint density at radius 3 is 1.86 bits per heavy atom. The van der Waals surface area contributed by atoms with Crippen molar-refractivity contribution in [1.82, 2.24) is 4.98 Å². The molecule has 2 N–H and O–H groups in total. The molecule has 0 unspecified atom stereocenters. The number of hydrogen-bond acceptors (Lipinski definition) is 6. The Balaban J connectivity index is 2.06. The van der Waals surface area contributed by atoms with Gasteiger partial charge in [0.05, 0.1) is 24.6 Å². The van der Waals surface area contributed by atoms with Crippen LogP contribution in [0.5, 0.6) is 0 Å². The summed E-state index contributed by atoms with van der Waals surface area (Å²) in [7, 11) is 0. The molecule has 110 valence electrons. The average molecular weight is 286 g/mol.